The first-order valence-electron chi connectivity index (χ1n) is 2.26. The fourth-order valence-electron chi connectivity index (χ4n) is 0.448. The van der Waals surface area contributed by atoms with Gasteiger partial charge in [-0.05, 0) is 18.6 Å². The quantitative estimate of drug-likeness (QED) is 0.657. The van der Waals surface area contributed by atoms with Crippen LogP contribution in [0, 0.1) is 6.92 Å². The molecular weight excluding hydrogens is 340 g/mol. The van der Waals surface area contributed by atoms with Crippen molar-refractivity contribution in [1.82, 2.24) is 4.98 Å². The Hall–Kier alpha value is 0.610. The molecule has 0 saturated carbocycles. The van der Waals surface area contributed by atoms with E-state index >= 15 is 0 Å². The zero-order valence-corrected chi connectivity index (χ0v) is 9.73. The molecule has 9 heavy (non-hydrogen) atoms. The van der Waals surface area contributed by atoms with Crippen LogP contribution in [0.1, 0.15) is 5.56 Å². The molecule has 1 nitrogen and oxygen atoms in total. The van der Waals surface area contributed by atoms with E-state index < -0.39 is 0 Å². The topological polar surface area (TPSA) is 12.9 Å². The summed E-state index contributed by atoms with van der Waals surface area (Å²) in [6.45, 7) is 2.02. The molecule has 0 atom stereocenters. The zero-order chi connectivity index (χ0) is 5.11. The van der Waals surface area contributed by atoms with Crippen molar-refractivity contribution in [2.45, 2.75) is 6.92 Å². The summed E-state index contributed by atoms with van der Waals surface area (Å²) in [5, 5.41) is 0. The summed E-state index contributed by atoms with van der Waals surface area (Å²) in [4.78, 5) is 3.88. The van der Waals surface area contributed by atoms with Crippen molar-refractivity contribution in [2.24, 2.45) is 0 Å². The maximum Gasteiger partial charge on any atom is 0.0297 e. The van der Waals surface area contributed by atoms with E-state index in [1.54, 1.807) is 6.20 Å². The van der Waals surface area contributed by atoms with Gasteiger partial charge in [-0.25, -0.2) is 0 Å². The lowest BCUT2D eigenvalue weighted by Crippen LogP contribution is -1.69. The number of rotatable bonds is 0. The van der Waals surface area contributed by atoms with Crippen LogP contribution in [-0.2, 0) is 0 Å². The van der Waals surface area contributed by atoms with Crippen LogP contribution in [0.5, 0.6) is 0 Å². The molecule has 0 spiro atoms. The van der Waals surface area contributed by atoms with Crippen LogP contribution in [0.3, 0.4) is 0 Å². The standard InChI is InChI=1S/C6H7N.2HI/c1-6-3-2-4-7-5-6;;/h2-5H,1H3;2*1H. The second-order valence-corrected chi connectivity index (χ2v) is 1.53. The van der Waals surface area contributed by atoms with Gasteiger partial charge < -0.3 is 0 Å². The minimum absolute atomic E-state index is 0. The SMILES string of the molecule is Cc1cccnc1.I.I. The predicted molar refractivity (Wildman–Crippen MR) is 59.8 cm³/mol. The van der Waals surface area contributed by atoms with Gasteiger partial charge in [0, 0.05) is 12.4 Å². The third-order valence-corrected chi connectivity index (χ3v) is 0.809. The van der Waals surface area contributed by atoms with Crippen LogP contribution >= 0.6 is 48.0 Å². The Morgan fingerprint density at radius 2 is 2.00 bits per heavy atom. The normalized spacial score (nSPS) is 6.78. The molecule has 0 N–H and O–H groups in total. The highest BCUT2D eigenvalue weighted by Gasteiger charge is 1.73. The van der Waals surface area contributed by atoms with E-state index in [1.165, 1.54) is 5.56 Å². The van der Waals surface area contributed by atoms with Gasteiger partial charge in [0.2, 0.25) is 0 Å². The average molecular weight is 349 g/mol. The van der Waals surface area contributed by atoms with E-state index in [2.05, 4.69) is 4.98 Å². The monoisotopic (exact) mass is 349 g/mol. The van der Waals surface area contributed by atoms with Crippen LogP contribution in [0.15, 0.2) is 24.5 Å². The van der Waals surface area contributed by atoms with Crippen LogP contribution < -0.4 is 0 Å². The Kier molecular flexibility index (Phi) is 9.19. The van der Waals surface area contributed by atoms with E-state index in [1.807, 2.05) is 25.3 Å². The molecule has 52 valence electrons. The van der Waals surface area contributed by atoms with Gasteiger partial charge >= 0.3 is 0 Å². The predicted octanol–water partition coefficient (Wildman–Crippen LogP) is 2.63. The van der Waals surface area contributed by atoms with Crippen molar-refractivity contribution in [3.05, 3.63) is 30.1 Å². The molecular formula is C6H9I2N. The molecule has 0 amide bonds. The van der Waals surface area contributed by atoms with E-state index in [0.717, 1.165) is 0 Å². The van der Waals surface area contributed by atoms with E-state index in [0.29, 0.717) is 0 Å². The number of nitrogens with zero attached hydrogens (tertiary/aromatic N) is 1. The fraction of sp³-hybridized carbons (Fsp3) is 0.167. The van der Waals surface area contributed by atoms with Crippen molar-refractivity contribution in [3.63, 3.8) is 0 Å². The minimum atomic E-state index is 0. The maximum absolute atomic E-state index is 3.88. The van der Waals surface area contributed by atoms with Crippen LogP contribution in [0.25, 0.3) is 0 Å². The molecule has 0 aromatic carbocycles. The molecule has 0 saturated heterocycles. The van der Waals surface area contributed by atoms with Crippen molar-refractivity contribution in [3.8, 4) is 0 Å². The number of aromatic nitrogens is 1. The molecule has 0 radical (unpaired) electrons. The van der Waals surface area contributed by atoms with Crippen molar-refractivity contribution in [2.75, 3.05) is 0 Å². The molecule has 0 aliphatic carbocycles. The minimum Gasteiger partial charge on any atom is -0.264 e. The Bertz CT molecular complexity index is 141. The number of aryl methyl sites for hydroxylation is 1. The zero-order valence-electron chi connectivity index (χ0n) is 5.07. The summed E-state index contributed by atoms with van der Waals surface area (Å²) in [5.41, 5.74) is 1.21. The van der Waals surface area contributed by atoms with E-state index in [4.69, 9.17) is 0 Å². The fourth-order valence-corrected chi connectivity index (χ4v) is 0.448. The molecule has 1 rings (SSSR count). The summed E-state index contributed by atoms with van der Waals surface area (Å²) < 4.78 is 0. The number of pyridine rings is 1. The molecule has 0 bridgehead atoms. The second kappa shape index (κ2) is 6.73. The average Bonchev–Trinajstić information content (AvgIpc) is 1.69. The van der Waals surface area contributed by atoms with Gasteiger partial charge in [-0.15, -0.1) is 48.0 Å². The maximum atomic E-state index is 3.88. The lowest BCUT2D eigenvalue weighted by Gasteiger charge is -1.82. The molecule has 0 aliphatic heterocycles. The van der Waals surface area contributed by atoms with Crippen LogP contribution in [-0.4, -0.2) is 4.98 Å². The molecule has 1 aromatic heterocycles. The summed E-state index contributed by atoms with van der Waals surface area (Å²) in [5.74, 6) is 0. The van der Waals surface area contributed by atoms with Gasteiger partial charge in [0.05, 0.1) is 0 Å². The molecule has 0 aliphatic rings. The van der Waals surface area contributed by atoms with Gasteiger partial charge in [-0.2, -0.15) is 0 Å². The number of halogens is 2. The highest BCUT2D eigenvalue weighted by molar-refractivity contribution is 14.0. The lowest BCUT2D eigenvalue weighted by atomic mass is 10.3. The Morgan fingerprint density at radius 3 is 2.22 bits per heavy atom. The third-order valence-electron chi connectivity index (χ3n) is 0.809. The molecule has 3 heteroatoms. The summed E-state index contributed by atoms with van der Waals surface area (Å²) in [7, 11) is 0. The first kappa shape index (κ1) is 12.3. The van der Waals surface area contributed by atoms with Crippen molar-refractivity contribution < 1.29 is 0 Å². The van der Waals surface area contributed by atoms with E-state index in [-0.39, 0.29) is 48.0 Å². The Labute approximate surface area is 89.3 Å². The Balaban J connectivity index is 0. The van der Waals surface area contributed by atoms with Gasteiger partial charge in [-0.1, -0.05) is 6.07 Å². The summed E-state index contributed by atoms with van der Waals surface area (Å²) >= 11 is 0. The van der Waals surface area contributed by atoms with Crippen LogP contribution in [0.2, 0.25) is 0 Å². The summed E-state index contributed by atoms with van der Waals surface area (Å²) in [6, 6.07) is 3.95. The summed E-state index contributed by atoms with van der Waals surface area (Å²) in [6.07, 6.45) is 3.60. The number of hydrogen-bond acceptors (Lipinski definition) is 1. The number of hydrogen-bond donors (Lipinski definition) is 0. The molecule has 0 fully saturated rings. The first-order chi connectivity index (χ1) is 3.39. The second-order valence-electron chi connectivity index (χ2n) is 1.53. The van der Waals surface area contributed by atoms with Gasteiger partial charge in [0.15, 0.2) is 0 Å². The van der Waals surface area contributed by atoms with Crippen molar-refractivity contribution in [1.29, 1.82) is 0 Å². The molecule has 0 unspecified atom stereocenters. The lowest BCUT2D eigenvalue weighted by molar-refractivity contribution is 1.27. The van der Waals surface area contributed by atoms with Gasteiger partial charge in [-0.3, -0.25) is 4.98 Å². The van der Waals surface area contributed by atoms with Gasteiger partial charge in [0.1, 0.15) is 0 Å². The largest absolute Gasteiger partial charge is 0.264 e. The van der Waals surface area contributed by atoms with Crippen molar-refractivity contribution >= 4 is 48.0 Å². The molecule has 1 heterocycles. The highest BCUT2D eigenvalue weighted by Crippen LogP contribution is 1.88. The van der Waals surface area contributed by atoms with Crippen LogP contribution in [0.4, 0.5) is 0 Å². The highest BCUT2D eigenvalue weighted by atomic mass is 127. The third kappa shape index (κ3) is 5.07. The molecule has 1 aromatic rings. The first-order valence-corrected chi connectivity index (χ1v) is 2.26. The van der Waals surface area contributed by atoms with E-state index in [9.17, 15) is 0 Å². The Morgan fingerprint density at radius 1 is 1.33 bits per heavy atom. The van der Waals surface area contributed by atoms with Gasteiger partial charge in [0.25, 0.3) is 0 Å². The smallest absolute Gasteiger partial charge is 0.0297 e.